The molecule has 1 unspecified atom stereocenters. The average Bonchev–Trinajstić information content (AvgIpc) is 3.50. The third-order valence-corrected chi connectivity index (χ3v) is 6.97. The first-order valence-corrected chi connectivity index (χ1v) is 11.9. The van der Waals surface area contributed by atoms with E-state index in [1.807, 2.05) is 4.90 Å². The smallest absolute Gasteiger partial charge is 0.251 e. The molecule has 1 aliphatic heterocycles. The van der Waals surface area contributed by atoms with Gasteiger partial charge < -0.3 is 14.6 Å². The third kappa shape index (κ3) is 5.58. The Morgan fingerprint density at radius 1 is 1.09 bits per heavy atom. The van der Waals surface area contributed by atoms with Crippen LogP contribution in [0.2, 0.25) is 0 Å². The van der Waals surface area contributed by atoms with Gasteiger partial charge in [0.25, 0.3) is 5.91 Å². The molecular formula is C23H23F2N3O4S. The predicted molar refractivity (Wildman–Crippen MR) is 118 cm³/mol. The molecule has 10 heteroatoms. The van der Waals surface area contributed by atoms with Crippen molar-refractivity contribution >= 4 is 21.6 Å². The Morgan fingerprint density at radius 2 is 1.88 bits per heavy atom. The number of halogens is 2. The molecule has 1 amide bonds. The Morgan fingerprint density at radius 3 is 2.58 bits per heavy atom. The van der Waals surface area contributed by atoms with E-state index in [4.69, 9.17) is 4.42 Å². The molecule has 1 fully saturated rings. The van der Waals surface area contributed by atoms with E-state index >= 15 is 0 Å². The van der Waals surface area contributed by atoms with Gasteiger partial charge in [0.15, 0.2) is 11.6 Å². The van der Waals surface area contributed by atoms with Crippen LogP contribution in [-0.4, -0.2) is 34.0 Å². The van der Waals surface area contributed by atoms with Crippen LogP contribution in [0.15, 0.2) is 70.2 Å². The molecule has 2 heterocycles. The molecule has 0 bridgehead atoms. The van der Waals surface area contributed by atoms with Gasteiger partial charge in [-0.25, -0.2) is 21.9 Å². The summed E-state index contributed by atoms with van der Waals surface area (Å²) >= 11 is 0. The molecule has 0 radical (unpaired) electrons. The summed E-state index contributed by atoms with van der Waals surface area (Å²) in [5, 5.41) is 2.86. The molecule has 4 rings (SSSR count). The minimum atomic E-state index is -3.74. The largest absolute Gasteiger partial charge is 0.468 e. The topological polar surface area (TPSA) is 91.7 Å². The molecule has 1 aliphatic rings. The molecule has 1 saturated heterocycles. The normalized spacial score (nSPS) is 16.2. The number of furan rings is 1. The fourth-order valence-corrected chi connectivity index (χ4v) is 4.70. The quantitative estimate of drug-likeness (QED) is 0.522. The number of benzene rings is 2. The summed E-state index contributed by atoms with van der Waals surface area (Å²) in [6.07, 6.45) is 2.26. The summed E-state index contributed by atoms with van der Waals surface area (Å²) < 4.78 is 59.0. The molecule has 0 aliphatic carbocycles. The van der Waals surface area contributed by atoms with Gasteiger partial charge in [-0.1, -0.05) is 0 Å². The van der Waals surface area contributed by atoms with Gasteiger partial charge in [0.05, 0.1) is 17.7 Å². The average molecular weight is 476 g/mol. The number of carbonyl (C=O) groups is 1. The molecule has 33 heavy (non-hydrogen) atoms. The van der Waals surface area contributed by atoms with Crippen molar-refractivity contribution in [2.45, 2.75) is 17.9 Å². The molecule has 3 aromatic rings. The summed E-state index contributed by atoms with van der Waals surface area (Å²) in [4.78, 5) is 14.5. The van der Waals surface area contributed by atoms with Gasteiger partial charge in [0.1, 0.15) is 5.76 Å². The van der Waals surface area contributed by atoms with Crippen molar-refractivity contribution in [3.8, 4) is 0 Å². The molecule has 1 aromatic heterocycles. The molecule has 7 nitrogen and oxygen atoms in total. The molecule has 2 N–H and O–H groups in total. The van der Waals surface area contributed by atoms with Gasteiger partial charge in [-0.2, -0.15) is 0 Å². The maximum atomic E-state index is 13.5. The molecule has 174 valence electrons. The van der Waals surface area contributed by atoms with E-state index in [2.05, 4.69) is 10.0 Å². The van der Waals surface area contributed by atoms with Crippen LogP contribution in [0.25, 0.3) is 0 Å². The zero-order chi connectivity index (χ0) is 23.4. The van der Waals surface area contributed by atoms with Gasteiger partial charge in [0.2, 0.25) is 10.0 Å². The van der Waals surface area contributed by atoms with Crippen molar-refractivity contribution in [2.24, 2.45) is 5.92 Å². The van der Waals surface area contributed by atoms with E-state index < -0.39 is 21.7 Å². The van der Waals surface area contributed by atoms with Crippen LogP contribution in [0.3, 0.4) is 0 Å². The number of sulfonamides is 1. The first kappa shape index (κ1) is 22.9. The van der Waals surface area contributed by atoms with Crippen molar-refractivity contribution in [3.63, 3.8) is 0 Å². The van der Waals surface area contributed by atoms with Crippen LogP contribution in [0.5, 0.6) is 0 Å². The van der Waals surface area contributed by atoms with E-state index in [0.717, 1.165) is 12.5 Å². The van der Waals surface area contributed by atoms with Gasteiger partial charge in [-0.05, 0) is 60.9 Å². The van der Waals surface area contributed by atoms with Crippen molar-refractivity contribution in [3.05, 3.63) is 83.8 Å². The Bertz CT molecular complexity index is 1220. The summed E-state index contributed by atoms with van der Waals surface area (Å²) in [5.74, 6) is -1.43. The highest BCUT2D eigenvalue weighted by molar-refractivity contribution is 7.89. The third-order valence-electron chi connectivity index (χ3n) is 5.55. The standard InChI is InChI=1S/C23H23F2N3O4S/c24-21-8-5-18(12-22(21)25)28-10-9-16(15-28)13-26-23(29)17-3-6-20(7-4-17)33(30,31)27-14-19-2-1-11-32-19/h1-8,11-12,16,27H,9-10,13-15H2,(H,26,29). The maximum Gasteiger partial charge on any atom is 0.251 e. The number of anilines is 1. The predicted octanol–water partition coefficient (Wildman–Crippen LogP) is 3.29. The lowest BCUT2D eigenvalue weighted by atomic mass is 10.1. The number of rotatable bonds is 8. The lowest BCUT2D eigenvalue weighted by molar-refractivity contribution is 0.0948. The highest BCUT2D eigenvalue weighted by Crippen LogP contribution is 2.25. The molecule has 0 spiro atoms. The Kier molecular flexibility index (Phi) is 6.75. The molecular weight excluding hydrogens is 452 g/mol. The zero-order valence-electron chi connectivity index (χ0n) is 17.6. The number of nitrogens with zero attached hydrogens (tertiary/aromatic N) is 1. The molecule has 2 aromatic carbocycles. The summed E-state index contributed by atoms with van der Waals surface area (Å²) in [6, 6.07) is 12.8. The summed E-state index contributed by atoms with van der Waals surface area (Å²) in [7, 11) is -3.74. The van der Waals surface area contributed by atoms with Crippen LogP contribution < -0.4 is 14.9 Å². The highest BCUT2D eigenvalue weighted by atomic mass is 32.2. The summed E-state index contributed by atoms with van der Waals surface area (Å²) in [5.41, 5.74) is 0.954. The Balaban J connectivity index is 1.28. The van der Waals surface area contributed by atoms with Crippen LogP contribution in [0.1, 0.15) is 22.5 Å². The van der Waals surface area contributed by atoms with Crippen molar-refractivity contribution in [2.75, 3.05) is 24.5 Å². The minimum absolute atomic E-state index is 0.0283. The molecule has 0 saturated carbocycles. The SMILES string of the molecule is O=C(NCC1CCN(c2ccc(F)c(F)c2)C1)c1ccc(S(=O)(=O)NCc2ccco2)cc1. The van der Waals surface area contributed by atoms with Crippen LogP contribution in [-0.2, 0) is 16.6 Å². The fraction of sp³-hybridized carbons (Fsp3) is 0.261. The van der Waals surface area contributed by atoms with Crippen LogP contribution >= 0.6 is 0 Å². The van der Waals surface area contributed by atoms with Crippen molar-refractivity contribution < 1.29 is 26.4 Å². The lowest BCUT2D eigenvalue weighted by Gasteiger charge is -2.19. The number of hydrogen-bond donors (Lipinski definition) is 2. The Hall–Kier alpha value is -3.24. The number of amides is 1. The van der Waals surface area contributed by atoms with E-state index in [0.29, 0.717) is 36.6 Å². The highest BCUT2D eigenvalue weighted by Gasteiger charge is 2.24. The zero-order valence-corrected chi connectivity index (χ0v) is 18.4. The number of hydrogen-bond acceptors (Lipinski definition) is 5. The van der Waals surface area contributed by atoms with E-state index in [1.165, 1.54) is 36.6 Å². The first-order valence-electron chi connectivity index (χ1n) is 10.4. The van der Waals surface area contributed by atoms with Gasteiger partial charge in [-0.15, -0.1) is 0 Å². The number of carbonyl (C=O) groups excluding carboxylic acids is 1. The minimum Gasteiger partial charge on any atom is -0.468 e. The maximum absolute atomic E-state index is 13.5. The van der Waals surface area contributed by atoms with Gasteiger partial charge in [0, 0.05) is 37.0 Å². The van der Waals surface area contributed by atoms with Gasteiger partial charge >= 0.3 is 0 Å². The molecule has 1 atom stereocenters. The second-order valence-electron chi connectivity index (χ2n) is 7.84. The lowest BCUT2D eigenvalue weighted by Crippen LogP contribution is -2.31. The second kappa shape index (κ2) is 9.72. The fourth-order valence-electron chi connectivity index (χ4n) is 3.70. The van der Waals surface area contributed by atoms with Gasteiger partial charge in [-0.3, -0.25) is 4.79 Å². The van der Waals surface area contributed by atoms with Crippen molar-refractivity contribution in [1.82, 2.24) is 10.0 Å². The van der Waals surface area contributed by atoms with E-state index in [1.54, 1.807) is 18.2 Å². The second-order valence-corrected chi connectivity index (χ2v) is 9.60. The first-order chi connectivity index (χ1) is 15.8. The monoisotopic (exact) mass is 475 g/mol. The van der Waals surface area contributed by atoms with E-state index in [-0.39, 0.29) is 23.3 Å². The summed E-state index contributed by atoms with van der Waals surface area (Å²) in [6.45, 7) is 1.75. The van der Waals surface area contributed by atoms with Crippen LogP contribution in [0, 0.1) is 17.6 Å². The van der Waals surface area contributed by atoms with Crippen LogP contribution in [0.4, 0.5) is 14.5 Å². The number of nitrogens with one attached hydrogen (secondary N) is 2. The Labute approximate surface area is 190 Å². The van der Waals surface area contributed by atoms with E-state index in [9.17, 15) is 22.0 Å². The van der Waals surface area contributed by atoms with Crippen molar-refractivity contribution in [1.29, 1.82) is 0 Å².